The van der Waals surface area contributed by atoms with Crippen LogP contribution >= 0.6 is 0 Å². The lowest BCUT2D eigenvalue weighted by atomic mass is 9.94. The molecule has 2 aromatic rings. The summed E-state index contributed by atoms with van der Waals surface area (Å²) in [6, 6.07) is 3.39. The number of piperidine rings is 1. The predicted molar refractivity (Wildman–Crippen MR) is 267 cm³/mol. The number of hydrogen-bond donors (Lipinski definition) is 8. The van der Waals surface area contributed by atoms with Crippen LogP contribution in [0.3, 0.4) is 0 Å². The molecular formula is C52H73N9O13. The minimum absolute atomic E-state index is 0.00452. The van der Waals surface area contributed by atoms with E-state index in [4.69, 9.17) is 10.5 Å². The highest BCUT2D eigenvalue weighted by molar-refractivity contribution is 5.99. The Morgan fingerprint density at radius 2 is 1.49 bits per heavy atom. The molecule has 0 aliphatic carbocycles. The number of likely N-dealkylation sites (N-methyl/N-ethyl adjacent to an activating group) is 1. The maximum atomic E-state index is 15.1. The number of nitrogens with zero attached hydrogens (tertiary/aromatic N) is 3. The molecule has 22 nitrogen and oxygen atoms in total. The van der Waals surface area contributed by atoms with E-state index >= 15 is 4.79 Å². The van der Waals surface area contributed by atoms with Gasteiger partial charge in [0.15, 0.2) is 0 Å². The largest absolute Gasteiger partial charge is 0.508 e. The summed E-state index contributed by atoms with van der Waals surface area (Å²) in [5, 5.41) is 35.0. The standard InChI is InChI=1S/C52H73N9O13/c1-8-29(4)43-52(73)74-30(5)44(58-45(66)35(20-22-41(53)64)54-47(68)38-15-12-24-60(38)31(6)62)49(70)56-37(25-28(2)3)46(67)55-36-21-23-42(65)61(50(36)71)40(27-32-13-10-9-11-14-32)51(72)59(7)39(48(69)57-43)26-33-16-18-34(63)19-17-33/h9-11,13-14,16-19,28-30,35-40,42-44,63,65H,8,12,15,20-27H2,1-7H3,(H2,53,64)(H,54,68)(H,55,67)(H,56,70)(H,57,69)(H,58,66)/t29-,30+,35-,36-,37-,38-,39-,40-,42+,43-,44-/m0/s1. The number of carbonyl (C=O) groups excluding carboxylic acids is 10. The molecule has 22 heteroatoms. The zero-order valence-corrected chi connectivity index (χ0v) is 43.2. The van der Waals surface area contributed by atoms with E-state index in [2.05, 4.69) is 26.6 Å². The molecule has 404 valence electrons. The number of likely N-dealkylation sites (tertiary alicyclic amines) is 1. The lowest BCUT2D eigenvalue weighted by molar-refractivity contribution is -0.165. The Morgan fingerprint density at radius 1 is 0.838 bits per heavy atom. The van der Waals surface area contributed by atoms with Crippen LogP contribution in [0.5, 0.6) is 5.75 Å². The fraction of sp³-hybridized carbons (Fsp3) is 0.577. The number of phenolic OH excluding ortho intramolecular Hbond substituents is 1. The van der Waals surface area contributed by atoms with Crippen LogP contribution in [0.4, 0.5) is 0 Å². The summed E-state index contributed by atoms with van der Waals surface area (Å²) in [7, 11) is 1.36. The Kier molecular flexibility index (Phi) is 20.5. The first kappa shape index (κ1) is 57.8. The number of hydrogen-bond acceptors (Lipinski definition) is 13. The van der Waals surface area contributed by atoms with Crippen molar-refractivity contribution in [2.24, 2.45) is 17.6 Å². The van der Waals surface area contributed by atoms with Crippen LogP contribution in [0.15, 0.2) is 54.6 Å². The van der Waals surface area contributed by atoms with Gasteiger partial charge in [-0.15, -0.1) is 0 Å². The molecule has 2 aromatic carbocycles. The van der Waals surface area contributed by atoms with Crippen molar-refractivity contribution in [2.75, 3.05) is 13.6 Å². The number of aliphatic hydroxyl groups is 1. The van der Waals surface area contributed by atoms with Crippen LogP contribution in [0.1, 0.15) is 104 Å². The molecule has 3 heterocycles. The van der Waals surface area contributed by atoms with Crippen molar-refractivity contribution in [1.29, 1.82) is 0 Å². The number of fused-ring (bicyclic) bond motifs is 2. The Morgan fingerprint density at radius 3 is 2.11 bits per heavy atom. The van der Waals surface area contributed by atoms with Gasteiger partial charge in [-0.25, -0.2) is 4.79 Å². The first-order chi connectivity index (χ1) is 35.0. The van der Waals surface area contributed by atoms with E-state index < -0.39 is 120 Å². The normalized spacial score (nSPS) is 26.3. The molecule has 5 rings (SSSR count). The van der Waals surface area contributed by atoms with Crippen LogP contribution in [0.2, 0.25) is 0 Å². The molecule has 11 atom stereocenters. The molecular weight excluding hydrogens is 959 g/mol. The molecule has 3 fully saturated rings. The Balaban J connectivity index is 1.61. The second-order valence-electron chi connectivity index (χ2n) is 20.0. The van der Waals surface area contributed by atoms with E-state index in [0.29, 0.717) is 36.9 Å². The molecule has 0 unspecified atom stereocenters. The van der Waals surface area contributed by atoms with Gasteiger partial charge in [0.1, 0.15) is 66.4 Å². The number of ether oxygens (including phenoxy) is 1. The van der Waals surface area contributed by atoms with E-state index in [0.717, 1.165) is 9.80 Å². The highest BCUT2D eigenvalue weighted by Gasteiger charge is 2.46. The summed E-state index contributed by atoms with van der Waals surface area (Å²) in [6.07, 6.45) is -3.12. The number of benzene rings is 2. The number of phenols is 1. The third kappa shape index (κ3) is 15.0. The summed E-state index contributed by atoms with van der Waals surface area (Å²) >= 11 is 0. The minimum Gasteiger partial charge on any atom is -0.508 e. The second-order valence-corrected chi connectivity index (χ2v) is 20.0. The van der Waals surface area contributed by atoms with Crippen LogP contribution in [-0.4, -0.2) is 158 Å². The van der Waals surface area contributed by atoms with Crippen molar-refractivity contribution in [3.63, 3.8) is 0 Å². The van der Waals surface area contributed by atoms with Crippen molar-refractivity contribution in [3.8, 4) is 5.75 Å². The number of nitrogens with two attached hydrogens (primary N) is 1. The van der Waals surface area contributed by atoms with Crippen molar-refractivity contribution in [1.82, 2.24) is 41.3 Å². The highest BCUT2D eigenvalue weighted by Crippen LogP contribution is 2.26. The Hall–Kier alpha value is -7.10. The molecule has 3 aliphatic heterocycles. The number of aliphatic hydroxyl groups excluding tert-OH is 1. The van der Waals surface area contributed by atoms with Crippen molar-refractivity contribution in [2.45, 2.75) is 166 Å². The van der Waals surface area contributed by atoms with Crippen molar-refractivity contribution in [3.05, 3.63) is 65.7 Å². The molecule has 0 radical (unpaired) electrons. The smallest absolute Gasteiger partial charge is 0.329 e. The summed E-state index contributed by atoms with van der Waals surface area (Å²) < 4.78 is 5.97. The highest BCUT2D eigenvalue weighted by atomic mass is 16.5. The molecule has 0 saturated carbocycles. The number of amides is 9. The summed E-state index contributed by atoms with van der Waals surface area (Å²) in [5.41, 5.74) is 6.56. The lowest BCUT2D eigenvalue weighted by Gasteiger charge is -2.43. The van der Waals surface area contributed by atoms with Gasteiger partial charge in [-0.05, 0) is 80.5 Å². The molecule has 3 saturated heterocycles. The molecule has 0 aromatic heterocycles. The van der Waals surface area contributed by atoms with Gasteiger partial charge in [-0.2, -0.15) is 0 Å². The van der Waals surface area contributed by atoms with Crippen LogP contribution in [0, 0.1) is 11.8 Å². The molecule has 9 amide bonds. The third-order valence-corrected chi connectivity index (χ3v) is 14.0. The van der Waals surface area contributed by atoms with Crippen LogP contribution < -0.4 is 32.3 Å². The molecule has 2 bridgehead atoms. The zero-order valence-electron chi connectivity index (χ0n) is 43.2. The second kappa shape index (κ2) is 26.2. The van der Waals surface area contributed by atoms with Crippen LogP contribution in [-0.2, 0) is 65.5 Å². The monoisotopic (exact) mass is 1030 g/mol. The predicted octanol–water partition coefficient (Wildman–Crippen LogP) is 0.0517. The molecule has 9 N–H and O–H groups in total. The first-order valence-corrected chi connectivity index (χ1v) is 25.4. The number of primary amides is 1. The number of esters is 1. The fourth-order valence-corrected chi connectivity index (χ4v) is 9.56. The van der Waals surface area contributed by atoms with E-state index in [1.165, 1.54) is 37.9 Å². The number of aromatic hydroxyl groups is 1. The molecule has 3 aliphatic rings. The van der Waals surface area contributed by atoms with E-state index in [9.17, 15) is 53.4 Å². The van der Waals surface area contributed by atoms with Gasteiger partial charge in [-0.1, -0.05) is 76.6 Å². The van der Waals surface area contributed by atoms with E-state index in [1.807, 2.05) is 0 Å². The first-order valence-electron chi connectivity index (χ1n) is 25.4. The van der Waals surface area contributed by atoms with Crippen molar-refractivity contribution < 1.29 is 62.9 Å². The number of rotatable bonds is 15. The van der Waals surface area contributed by atoms with Gasteiger partial charge in [0.2, 0.25) is 53.2 Å². The topological polar surface area (TPSA) is 316 Å². The fourth-order valence-electron chi connectivity index (χ4n) is 9.56. The average Bonchev–Trinajstić information content (AvgIpc) is 3.86. The molecule has 74 heavy (non-hydrogen) atoms. The van der Waals surface area contributed by atoms with Crippen molar-refractivity contribution >= 4 is 59.1 Å². The summed E-state index contributed by atoms with van der Waals surface area (Å²) in [6.45, 7) is 9.88. The van der Waals surface area contributed by atoms with Gasteiger partial charge in [0.05, 0.1) is 0 Å². The Bertz CT molecular complexity index is 2370. The lowest BCUT2D eigenvalue weighted by Crippen LogP contribution is -2.65. The minimum atomic E-state index is -1.82. The van der Waals surface area contributed by atoms with Gasteiger partial charge >= 0.3 is 5.97 Å². The third-order valence-electron chi connectivity index (χ3n) is 14.0. The zero-order chi connectivity index (χ0) is 54.6. The maximum absolute atomic E-state index is 15.1. The van der Waals surface area contributed by atoms with Gasteiger partial charge in [0.25, 0.3) is 0 Å². The maximum Gasteiger partial charge on any atom is 0.329 e. The van der Waals surface area contributed by atoms with Gasteiger partial charge < -0.3 is 62.0 Å². The van der Waals surface area contributed by atoms with E-state index in [1.54, 1.807) is 70.2 Å². The number of carbonyl (C=O) groups is 10. The SMILES string of the molecule is CC[C@H](C)[C@@H]1NC(=O)[C@H](Cc2ccc(O)cc2)N(C)C(=O)[C@H](Cc2ccccc2)N2C(=O)[C@H](CC[C@H]2O)NC(=O)[C@H](CC(C)C)NC(=O)[C@@H](NC(=O)[C@H](CCC(N)=O)NC(=O)[C@@H]2CCCN2C(C)=O)[C@@H](C)OC1=O. The average molecular weight is 1030 g/mol. The number of cyclic esters (lactones) is 1. The quantitative estimate of drug-likeness (QED) is 0.110. The number of nitrogens with one attached hydrogen (secondary N) is 5. The summed E-state index contributed by atoms with van der Waals surface area (Å²) in [4.78, 5) is 144. The van der Waals surface area contributed by atoms with Gasteiger partial charge in [-0.3, -0.25) is 43.2 Å². The molecule has 0 spiro atoms. The van der Waals surface area contributed by atoms with E-state index in [-0.39, 0.29) is 62.5 Å². The Labute approximate surface area is 431 Å². The van der Waals surface area contributed by atoms with Gasteiger partial charge in [0, 0.05) is 39.8 Å². The van der Waals surface area contributed by atoms with Crippen LogP contribution in [0.25, 0.3) is 0 Å². The summed E-state index contributed by atoms with van der Waals surface area (Å²) in [5.74, 6) is -9.13.